The molecular formula is C14H19F3N2O4S. The molecule has 2 N–H and O–H groups in total. The number of para-hydroxylation sites is 1. The number of halogens is 3. The highest BCUT2D eigenvalue weighted by atomic mass is 32.2. The van der Waals surface area contributed by atoms with Gasteiger partial charge in [0, 0.05) is 13.7 Å². The minimum atomic E-state index is -4.98. The Labute approximate surface area is 138 Å². The van der Waals surface area contributed by atoms with Gasteiger partial charge in [-0.3, -0.25) is 0 Å². The summed E-state index contributed by atoms with van der Waals surface area (Å²) in [6.45, 7) is 1.01. The summed E-state index contributed by atoms with van der Waals surface area (Å²) in [5.41, 5.74) is -0.568. The quantitative estimate of drug-likeness (QED) is 0.765. The highest BCUT2D eigenvalue weighted by Gasteiger charge is 2.37. The first-order valence-electron chi connectivity index (χ1n) is 7.26. The fraction of sp³-hybridized carbons (Fsp3) is 0.571. The van der Waals surface area contributed by atoms with E-state index in [9.17, 15) is 21.6 Å². The lowest BCUT2D eigenvalue weighted by Gasteiger charge is -2.29. The topological polar surface area (TPSA) is 76.7 Å². The van der Waals surface area contributed by atoms with E-state index in [1.807, 2.05) is 0 Å². The average molecular weight is 368 g/mol. The van der Waals surface area contributed by atoms with Crippen LogP contribution >= 0.6 is 0 Å². The molecule has 1 heterocycles. The molecule has 1 aliphatic heterocycles. The SMILES string of the molecule is COCC1(CNS(=O)(=O)c2ccccc2OC(F)(F)F)CCCN1. The molecule has 136 valence electrons. The van der Waals surface area contributed by atoms with E-state index in [4.69, 9.17) is 4.74 Å². The van der Waals surface area contributed by atoms with Gasteiger partial charge in [0.1, 0.15) is 10.6 Å². The largest absolute Gasteiger partial charge is 0.573 e. The van der Waals surface area contributed by atoms with Gasteiger partial charge in [0.05, 0.1) is 12.1 Å². The van der Waals surface area contributed by atoms with Crippen molar-refractivity contribution in [3.63, 3.8) is 0 Å². The number of rotatable bonds is 7. The lowest BCUT2D eigenvalue weighted by Crippen LogP contribution is -2.52. The zero-order chi connectivity index (χ0) is 17.8. The molecule has 24 heavy (non-hydrogen) atoms. The van der Waals surface area contributed by atoms with Gasteiger partial charge in [0.15, 0.2) is 0 Å². The summed E-state index contributed by atoms with van der Waals surface area (Å²) in [5.74, 6) is -0.766. The monoisotopic (exact) mass is 368 g/mol. The Hall–Kier alpha value is -1.36. The second-order valence-electron chi connectivity index (χ2n) is 5.56. The predicted octanol–water partition coefficient (Wildman–Crippen LogP) is 1.63. The van der Waals surface area contributed by atoms with Crippen molar-refractivity contribution in [1.29, 1.82) is 0 Å². The summed E-state index contributed by atoms with van der Waals surface area (Å²) in [6.07, 6.45) is -3.42. The third-order valence-electron chi connectivity index (χ3n) is 3.72. The van der Waals surface area contributed by atoms with Gasteiger partial charge >= 0.3 is 6.36 Å². The van der Waals surface area contributed by atoms with Crippen LogP contribution in [0, 0.1) is 0 Å². The van der Waals surface area contributed by atoms with Gasteiger partial charge in [0.2, 0.25) is 10.0 Å². The third-order valence-corrected chi connectivity index (χ3v) is 5.16. The molecule has 6 nitrogen and oxygen atoms in total. The second kappa shape index (κ2) is 7.26. The van der Waals surface area contributed by atoms with Crippen LogP contribution in [0.2, 0.25) is 0 Å². The van der Waals surface area contributed by atoms with Crippen LogP contribution in [0.5, 0.6) is 5.75 Å². The minimum absolute atomic E-state index is 0.00350. The first kappa shape index (κ1) is 19.0. The van der Waals surface area contributed by atoms with Crippen LogP contribution in [0.3, 0.4) is 0 Å². The second-order valence-corrected chi connectivity index (χ2v) is 7.30. The van der Waals surface area contributed by atoms with Crippen LogP contribution in [0.15, 0.2) is 29.2 Å². The summed E-state index contributed by atoms with van der Waals surface area (Å²) in [5, 5.41) is 3.18. The van der Waals surface area contributed by atoms with Crippen molar-refractivity contribution in [2.45, 2.75) is 29.6 Å². The van der Waals surface area contributed by atoms with Crippen molar-refractivity contribution in [1.82, 2.24) is 10.0 Å². The Kier molecular flexibility index (Phi) is 5.74. The predicted molar refractivity (Wildman–Crippen MR) is 80.2 cm³/mol. The van der Waals surface area contributed by atoms with Crippen LogP contribution < -0.4 is 14.8 Å². The average Bonchev–Trinajstić information content (AvgIpc) is 2.94. The Morgan fingerprint density at radius 3 is 2.62 bits per heavy atom. The van der Waals surface area contributed by atoms with Gasteiger partial charge in [0.25, 0.3) is 0 Å². The van der Waals surface area contributed by atoms with Gasteiger partial charge in [-0.05, 0) is 31.5 Å². The maximum Gasteiger partial charge on any atom is 0.573 e. The maximum absolute atomic E-state index is 12.4. The lowest BCUT2D eigenvalue weighted by atomic mass is 9.99. The molecule has 1 aliphatic rings. The zero-order valence-electron chi connectivity index (χ0n) is 13.0. The molecule has 0 aliphatic carbocycles. The van der Waals surface area contributed by atoms with Crippen molar-refractivity contribution < 1.29 is 31.1 Å². The standard InChI is InChI=1S/C14H19F3N2O4S/c1-22-10-13(7-4-8-18-13)9-19-24(20,21)12-6-3-2-5-11(12)23-14(15,16)17/h2-3,5-6,18-19H,4,7-10H2,1H3. The fourth-order valence-corrected chi connectivity index (χ4v) is 3.92. The van der Waals surface area contributed by atoms with Crippen molar-refractivity contribution in [2.75, 3.05) is 26.8 Å². The van der Waals surface area contributed by atoms with Gasteiger partial charge in [-0.25, -0.2) is 13.1 Å². The normalized spacial score (nSPS) is 21.8. The highest BCUT2D eigenvalue weighted by Crippen LogP contribution is 2.29. The Balaban J connectivity index is 2.19. The summed E-state index contributed by atoms with van der Waals surface area (Å²) < 4.78 is 73.4. The highest BCUT2D eigenvalue weighted by molar-refractivity contribution is 7.89. The van der Waals surface area contributed by atoms with Crippen molar-refractivity contribution in [3.8, 4) is 5.75 Å². The van der Waals surface area contributed by atoms with Gasteiger partial charge in [-0.15, -0.1) is 13.2 Å². The summed E-state index contributed by atoms with van der Waals surface area (Å²) in [6, 6.07) is 4.62. The number of ether oxygens (including phenoxy) is 2. The summed E-state index contributed by atoms with van der Waals surface area (Å²) >= 11 is 0. The van der Waals surface area contributed by atoms with Crippen LogP contribution in [0.1, 0.15) is 12.8 Å². The van der Waals surface area contributed by atoms with Gasteiger partial charge in [-0.1, -0.05) is 12.1 Å². The molecular weight excluding hydrogens is 349 g/mol. The minimum Gasteiger partial charge on any atom is -0.404 e. The van der Waals surface area contributed by atoms with E-state index < -0.39 is 32.6 Å². The van der Waals surface area contributed by atoms with E-state index in [2.05, 4.69) is 14.8 Å². The van der Waals surface area contributed by atoms with E-state index in [0.717, 1.165) is 25.1 Å². The van der Waals surface area contributed by atoms with Crippen LogP contribution in [0.25, 0.3) is 0 Å². The molecule has 10 heteroatoms. The Bertz CT molecular complexity index is 658. The number of sulfonamides is 1. The van der Waals surface area contributed by atoms with Crippen LogP contribution in [-0.2, 0) is 14.8 Å². The number of benzene rings is 1. The van der Waals surface area contributed by atoms with E-state index in [0.29, 0.717) is 6.42 Å². The molecule has 1 aromatic carbocycles. The van der Waals surface area contributed by atoms with Crippen molar-refractivity contribution >= 4 is 10.0 Å². The van der Waals surface area contributed by atoms with Crippen molar-refractivity contribution in [3.05, 3.63) is 24.3 Å². The molecule has 0 aromatic heterocycles. The number of hydrogen-bond donors (Lipinski definition) is 2. The molecule has 0 radical (unpaired) electrons. The molecule has 1 unspecified atom stereocenters. The fourth-order valence-electron chi connectivity index (χ4n) is 2.66. The smallest absolute Gasteiger partial charge is 0.404 e. The number of alkyl halides is 3. The van der Waals surface area contributed by atoms with Gasteiger partial charge < -0.3 is 14.8 Å². The zero-order valence-corrected chi connectivity index (χ0v) is 13.8. The Morgan fingerprint density at radius 1 is 1.33 bits per heavy atom. The van der Waals surface area contributed by atoms with E-state index in [-0.39, 0.29) is 13.2 Å². The molecule has 0 bridgehead atoms. The number of hydrogen-bond acceptors (Lipinski definition) is 5. The molecule has 0 spiro atoms. The lowest BCUT2D eigenvalue weighted by molar-refractivity contribution is -0.275. The summed E-state index contributed by atoms with van der Waals surface area (Å²) in [7, 11) is -2.68. The maximum atomic E-state index is 12.4. The van der Waals surface area contributed by atoms with Crippen LogP contribution in [0.4, 0.5) is 13.2 Å². The molecule has 0 amide bonds. The number of nitrogens with one attached hydrogen (secondary N) is 2. The first-order valence-corrected chi connectivity index (χ1v) is 8.74. The van der Waals surface area contributed by atoms with Crippen LogP contribution in [-0.4, -0.2) is 47.1 Å². The van der Waals surface area contributed by atoms with E-state index in [1.165, 1.54) is 19.2 Å². The first-order chi connectivity index (χ1) is 11.2. The van der Waals surface area contributed by atoms with E-state index in [1.54, 1.807) is 0 Å². The van der Waals surface area contributed by atoms with Gasteiger partial charge in [-0.2, -0.15) is 0 Å². The molecule has 2 rings (SSSR count). The third kappa shape index (κ3) is 4.82. The molecule has 0 saturated carbocycles. The van der Waals surface area contributed by atoms with Crippen molar-refractivity contribution in [2.24, 2.45) is 0 Å². The molecule has 1 aromatic rings. The number of methoxy groups -OCH3 is 1. The molecule has 1 atom stereocenters. The Morgan fingerprint density at radius 2 is 2.04 bits per heavy atom. The molecule has 1 saturated heterocycles. The van der Waals surface area contributed by atoms with E-state index >= 15 is 0 Å². The summed E-state index contributed by atoms with van der Waals surface area (Å²) in [4.78, 5) is -0.562. The molecule has 1 fully saturated rings.